The SMILES string of the molecule is CCC(CC)CC(C)CCCC(C)(C)C. The molecule has 1 atom stereocenters. The smallest absolute Gasteiger partial charge is 0.0383 e. The van der Waals surface area contributed by atoms with Crippen molar-refractivity contribution >= 4 is 0 Å². The summed E-state index contributed by atoms with van der Waals surface area (Å²) >= 11 is 0. The van der Waals surface area contributed by atoms with Crippen LogP contribution in [0.15, 0.2) is 0 Å². The molecule has 15 heavy (non-hydrogen) atoms. The topological polar surface area (TPSA) is 0 Å². The lowest BCUT2D eigenvalue weighted by molar-refractivity contribution is 0.311. The van der Waals surface area contributed by atoms with E-state index in [0.29, 0.717) is 5.41 Å². The molecular weight excluding hydrogens is 180 g/mol. The van der Waals surface area contributed by atoms with Crippen LogP contribution in [0, 0.1) is 17.3 Å². The fraction of sp³-hybridized carbons (Fsp3) is 1.00. The fourth-order valence-electron chi connectivity index (χ4n) is 2.29. The summed E-state index contributed by atoms with van der Waals surface area (Å²) in [6.45, 7) is 14.1. The van der Waals surface area contributed by atoms with E-state index in [0.717, 1.165) is 11.8 Å². The highest BCUT2D eigenvalue weighted by molar-refractivity contribution is 4.65. The maximum absolute atomic E-state index is 2.43. The Kier molecular flexibility index (Phi) is 7.30. The van der Waals surface area contributed by atoms with Crippen LogP contribution in [0.3, 0.4) is 0 Å². The van der Waals surface area contributed by atoms with Crippen molar-refractivity contribution in [1.82, 2.24) is 0 Å². The van der Waals surface area contributed by atoms with Gasteiger partial charge in [-0.1, -0.05) is 67.2 Å². The Labute approximate surface area is 97.8 Å². The van der Waals surface area contributed by atoms with Gasteiger partial charge in [-0.3, -0.25) is 0 Å². The predicted octanol–water partition coefficient (Wildman–Crippen LogP) is 5.67. The minimum atomic E-state index is 0.522. The van der Waals surface area contributed by atoms with Crippen LogP contribution in [0.25, 0.3) is 0 Å². The zero-order chi connectivity index (χ0) is 11.9. The third-order valence-corrected chi connectivity index (χ3v) is 3.51. The predicted molar refractivity (Wildman–Crippen MR) is 71.2 cm³/mol. The first-order valence-corrected chi connectivity index (χ1v) is 6.89. The van der Waals surface area contributed by atoms with Crippen molar-refractivity contribution in [3.8, 4) is 0 Å². The fourth-order valence-corrected chi connectivity index (χ4v) is 2.29. The van der Waals surface area contributed by atoms with Gasteiger partial charge in [0.25, 0.3) is 0 Å². The van der Waals surface area contributed by atoms with Gasteiger partial charge in [0.2, 0.25) is 0 Å². The molecule has 0 N–H and O–H groups in total. The van der Waals surface area contributed by atoms with E-state index in [1.165, 1.54) is 38.5 Å². The highest BCUT2D eigenvalue weighted by Gasteiger charge is 2.13. The lowest BCUT2D eigenvalue weighted by Gasteiger charge is -2.21. The van der Waals surface area contributed by atoms with Gasteiger partial charge in [0.15, 0.2) is 0 Å². The van der Waals surface area contributed by atoms with Crippen LogP contribution in [-0.2, 0) is 0 Å². The molecule has 0 radical (unpaired) electrons. The zero-order valence-corrected chi connectivity index (χ0v) is 11.9. The average molecular weight is 212 g/mol. The summed E-state index contributed by atoms with van der Waals surface area (Å²) in [6.07, 6.45) is 8.37. The van der Waals surface area contributed by atoms with Crippen LogP contribution in [0.2, 0.25) is 0 Å². The number of rotatable bonds is 7. The van der Waals surface area contributed by atoms with Crippen LogP contribution in [0.1, 0.15) is 80.1 Å². The van der Waals surface area contributed by atoms with Crippen molar-refractivity contribution < 1.29 is 0 Å². The molecule has 0 spiro atoms. The van der Waals surface area contributed by atoms with E-state index in [4.69, 9.17) is 0 Å². The molecule has 0 aromatic carbocycles. The van der Waals surface area contributed by atoms with E-state index < -0.39 is 0 Å². The van der Waals surface area contributed by atoms with Gasteiger partial charge >= 0.3 is 0 Å². The monoisotopic (exact) mass is 212 g/mol. The quantitative estimate of drug-likeness (QED) is 0.510. The van der Waals surface area contributed by atoms with Gasteiger partial charge in [0.05, 0.1) is 0 Å². The van der Waals surface area contributed by atoms with Gasteiger partial charge < -0.3 is 0 Å². The Morgan fingerprint density at radius 2 is 1.53 bits per heavy atom. The second kappa shape index (κ2) is 7.30. The van der Waals surface area contributed by atoms with Crippen LogP contribution in [0.5, 0.6) is 0 Å². The molecule has 0 aromatic rings. The highest BCUT2D eigenvalue weighted by Crippen LogP contribution is 2.26. The third-order valence-electron chi connectivity index (χ3n) is 3.51. The lowest BCUT2D eigenvalue weighted by atomic mass is 9.85. The molecule has 92 valence electrons. The van der Waals surface area contributed by atoms with Crippen LogP contribution >= 0.6 is 0 Å². The molecular formula is C15H32. The van der Waals surface area contributed by atoms with Crippen molar-refractivity contribution in [2.45, 2.75) is 80.1 Å². The Balaban J connectivity index is 3.61. The van der Waals surface area contributed by atoms with Gasteiger partial charge in [-0.25, -0.2) is 0 Å². The number of hydrogen-bond donors (Lipinski definition) is 0. The maximum Gasteiger partial charge on any atom is -0.0383 e. The molecule has 0 saturated heterocycles. The molecule has 0 fully saturated rings. The normalized spacial score (nSPS) is 14.6. The van der Waals surface area contributed by atoms with Crippen molar-refractivity contribution in [3.63, 3.8) is 0 Å². The lowest BCUT2D eigenvalue weighted by Crippen LogP contribution is -2.08. The first kappa shape index (κ1) is 15.0. The molecule has 0 heteroatoms. The maximum atomic E-state index is 2.43. The third kappa shape index (κ3) is 8.96. The highest BCUT2D eigenvalue weighted by atomic mass is 14.2. The molecule has 0 rings (SSSR count). The van der Waals surface area contributed by atoms with Crippen LogP contribution < -0.4 is 0 Å². The Morgan fingerprint density at radius 3 is 1.93 bits per heavy atom. The minimum absolute atomic E-state index is 0.522. The molecule has 0 bridgehead atoms. The second-order valence-corrected chi connectivity index (χ2v) is 6.48. The van der Waals surface area contributed by atoms with E-state index in [9.17, 15) is 0 Å². The van der Waals surface area contributed by atoms with E-state index in [-0.39, 0.29) is 0 Å². The zero-order valence-electron chi connectivity index (χ0n) is 11.9. The van der Waals surface area contributed by atoms with Crippen molar-refractivity contribution in [2.24, 2.45) is 17.3 Å². The molecule has 0 saturated carbocycles. The van der Waals surface area contributed by atoms with E-state index in [1.807, 2.05) is 0 Å². The summed E-state index contributed by atoms with van der Waals surface area (Å²) in [7, 11) is 0. The molecule has 0 heterocycles. The van der Waals surface area contributed by atoms with Crippen molar-refractivity contribution in [3.05, 3.63) is 0 Å². The first-order valence-electron chi connectivity index (χ1n) is 6.89. The second-order valence-electron chi connectivity index (χ2n) is 6.48. The summed E-state index contributed by atoms with van der Waals surface area (Å²) in [4.78, 5) is 0. The molecule has 0 aliphatic heterocycles. The Hall–Kier alpha value is 0. The van der Waals surface area contributed by atoms with E-state index in [2.05, 4.69) is 41.5 Å². The van der Waals surface area contributed by atoms with E-state index in [1.54, 1.807) is 0 Å². The van der Waals surface area contributed by atoms with Crippen LogP contribution in [-0.4, -0.2) is 0 Å². The van der Waals surface area contributed by atoms with Crippen molar-refractivity contribution in [2.75, 3.05) is 0 Å². The summed E-state index contributed by atoms with van der Waals surface area (Å²) in [5.74, 6) is 1.90. The van der Waals surface area contributed by atoms with Crippen molar-refractivity contribution in [1.29, 1.82) is 0 Å². The summed E-state index contributed by atoms with van der Waals surface area (Å²) < 4.78 is 0. The van der Waals surface area contributed by atoms with Crippen LogP contribution in [0.4, 0.5) is 0 Å². The largest absolute Gasteiger partial charge is 0.0651 e. The van der Waals surface area contributed by atoms with Gasteiger partial charge in [-0.15, -0.1) is 0 Å². The average Bonchev–Trinajstić information content (AvgIpc) is 2.12. The molecule has 0 aromatic heterocycles. The summed E-state index contributed by atoms with van der Waals surface area (Å²) in [6, 6.07) is 0. The minimum Gasteiger partial charge on any atom is -0.0651 e. The van der Waals surface area contributed by atoms with Gasteiger partial charge in [0, 0.05) is 0 Å². The van der Waals surface area contributed by atoms with E-state index >= 15 is 0 Å². The summed E-state index contributed by atoms with van der Waals surface area (Å²) in [5.41, 5.74) is 0.522. The molecule has 0 aliphatic rings. The number of hydrogen-bond acceptors (Lipinski definition) is 0. The molecule has 1 unspecified atom stereocenters. The molecule has 0 aliphatic carbocycles. The Morgan fingerprint density at radius 1 is 1.00 bits per heavy atom. The summed E-state index contributed by atoms with van der Waals surface area (Å²) in [5, 5.41) is 0. The molecule has 0 amide bonds. The standard InChI is InChI=1S/C15H32/c1-7-14(8-2)12-13(3)10-9-11-15(4,5)6/h13-14H,7-12H2,1-6H3. The first-order chi connectivity index (χ1) is 6.89. The van der Waals surface area contributed by atoms with Gasteiger partial charge in [-0.05, 0) is 30.1 Å². The van der Waals surface area contributed by atoms with Gasteiger partial charge in [0.1, 0.15) is 0 Å². The Bertz CT molecular complexity index is 137. The van der Waals surface area contributed by atoms with Gasteiger partial charge in [-0.2, -0.15) is 0 Å². The molecule has 0 nitrogen and oxygen atoms in total.